The lowest BCUT2D eigenvalue weighted by molar-refractivity contribution is -0.125. The molecular formula is C30H36ClN3O6S. The Morgan fingerprint density at radius 3 is 2.76 bits per heavy atom. The molecule has 2 unspecified atom stereocenters. The van der Waals surface area contributed by atoms with Crippen LogP contribution in [0.4, 0.5) is 0 Å². The summed E-state index contributed by atoms with van der Waals surface area (Å²) in [5, 5.41) is 3.34. The van der Waals surface area contributed by atoms with Gasteiger partial charge in [-0.25, -0.2) is 8.42 Å². The molecule has 1 spiro atoms. The van der Waals surface area contributed by atoms with Crippen LogP contribution in [-0.4, -0.2) is 83.4 Å². The highest BCUT2D eigenvalue weighted by Gasteiger charge is 2.47. The highest BCUT2D eigenvalue weighted by Crippen LogP contribution is 2.49. The van der Waals surface area contributed by atoms with Gasteiger partial charge in [-0.2, -0.15) is 0 Å². The fourth-order valence-corrected chi connectivity index (χ4v) is 7.07. The minimum atomic E-state index is -3.38. The van der Waals surface area contributed by atoms with E-state index >= 15 is 0 Å². The lowest BCUT2D eigenvalue weighted by atomic mass is 9.77. The van der Waals surface area contributed by atoms with E-state index in [-0.39, 0.29) is 35.7 Å². The van der Waals surface area contributed by atoms with Crippen LogP contribution < -0.4 is 11.1 Å². The van der Waals surface area contributed by atoms with Gasteiger partial charge in [0.05, 0.1) is 37.4 Å². The first kappa shape index (κ1) is 29.7. The molecule has 11 heteroatoms. The number of hydrogen-bond acceptors (Lipinski definition) is 8. The van der Waals surface area contributed by atoms with Crippen LogP contribution >= 0.6 is 11.6 Å². The highest BCUT2D eigenvalue weighted by atomic mass is 35.5. The van der Waals surface area contributed by atoms with E-state index in [1.54, 1.807) is 30.3 Å². The molecule has 5 rings (SSSR count). The third-order valence-corrected chi connectivity index (χ3v) is 9.63. The summed E-state index contributed by atoms with van der Waals surface area (Å²) >= 11 is 6.73. The molecule has 2 fully saturated rings. The molecule has 2 heterocycles. The van der Waals surface area contributed by atoms with E-state index in [0.29, 0.717) is 65.9 Å². The van der Waals surface area contributed by atoms with E-state index in [0.717, 1.165) is 24.9 Å². The van der Waals surface area contributed by atoms with Gasteiger partial charge in [0.15, 0.2) is 15.6 Å². The summed E-state index contributed by atoms with van der Waals surface area (Å²) in [5.74, 6) is -0.129. The van der Waals surface area contributed by atoms with Gasteiger partial charge in [-0.3, -0.25) is 14.5 Å². The zero-order valence-electron chi connectivity index (χ0n) is 23.4. The molecule has 41 heavy (non-hydrogen) atoms. The monoisotopic (exact) mass is 601 g/mol. The van der Waals surface area contributed by atoms with Gasteiger partial charge >= 0.3 is 0 Å². The first-order chi connectivity index (χ1) is 19.5. The van der Waals surface area contributed by atoms with Crippen molar-refractivity contribution in [3.8, 4) is 11.1 Å². The second-order valence-electron chi connectivity index (χ2n) is 11.3. The number of halogens is 1. The fraction of sp³-hybridized carbons (Fsp3) is 0.467. The number of ketones is 1. The number of carbonyl (C=O) groups excluding carboxylic acids is 2. The van der Waals surface area contributed by atoms with Gasteiger partial charge in [-0.15, -0.1) is 0 Å². The maximum Gasteiger partial charge on any atom is 0.234 e. The van der Waals surface area contributed by atoms with Crippen molar-refractivity contribution >= 4 is 38.7 Å². The number of sulfone groups is 1. The Balaban J connectivity index is 1.35. The number of Topliss-reactive ketones (excluding diaryl/α,β-unsaturated/α-hetero) is 1. The number of likely N-dealkylation sites (tertiary alicyclic amines) is 1. The summed E-state index contributed by atoms with van der Waals surface area (Å²) in [6, 6.07) is 10.3. The minimum Gasteiger partial charge on any atom is -0.401 e. The number of carbonyl (C=O) groups is 2. The Hall–Kier alpha value is -2.76. The number of rotatable bonds is 7. The molecule has 0 radical (unpaired) electrons. The van der Waals surface area contributed by atoms with Crippen LogP contribution in [0.2, 0.25) is 5.02 Å². The Morgan fingerprint density at radius 1 is 1.22 bits per heavy atom. The Kier molecular flexibility index (Phi) is 8.59. The van der Waals surface area contributed by atoms with Gasteiger partial charge in [0, 0.05) is 53.0 Å². The maximum absolute atomic E-state index is 13.5. The summed E-state index contributed by atoms with van der Waals surface area (Å²) in [5.41, 5.74) is 10.1. The van der Waals surface area contributed by atoms with Crippen molar-refractivity contribution in [2.45, 2.75) is 37.2 Å². The van der Waals surface area contributed by atoms with Crippen LogP contribution in [0.25, 0.3) is 16.7 Å². The van der Waals surface area contributed by atoms with Gasteiger partial charge in [0.2, 0.25) is 5.91 Å². The average molecular weight is 602 g/mol. The smallest absolute Gasteiger partial charge is 0.234 e. The molecule has 1 amide bonds. The summed E-state index contributed by atoms with van der Waals surface area (Å²) in [6.07, 6.45) is 2.90. The summed E-state index contributed by atoms with van der Waals surface area (Å²) < 4.78 is 35.1. The van der Waals surface area contributed by atoms with Crippen LogP contribution in [-0.2, 0) is 28.9 Å². The number of ether oxygens (including phenoxy) is 2. The Bertz CT molecular complexity index is 1500. The number of aryl methyl sites for hydroxylation is 1. The molecule has 2 atom stereocenters. The van der Waals surface area contributed by atoms with Crippen LogP contribution in [0.15, 0.2) is 47.0 Å². The Labute approximate surface area is 245 Å². The topological polar surface area (TPSA) is 128 Å². The average Bonchev–Trinajstić information content (AvgIpc) is 3.16. The predicted octanol–water partition coefficient (Wildman–Crippen LogP) is 2.98. The molecule has 1 aliphatic carbocycles. The molecule has 0 saturated carbocycles. The van der Waals surface area contributed by atoms with E-state index in [4.69, 9.17) is 26.8 Å². The van der Waals surface area contributed by atoms with Crippen molar-refractivity contribution in [1.29, 1.82) is 0 Å². The van der Waals surface area contributed by atoms with Crippen molar-refractivity contribution in [2.24, 2.45) is 11.1 Å². The first-order valence-corrected chi connectivity index (χ1v) is 16.1. The third kappa shape index (κ3) is 6.36. The molecule has 9 nitrogen and oxygen atoms in total. The summed E-state index contributed by atoms with van der Waals surface area (Å²) in [7, 11) is -3.38. The molecule has 3 aliphatic rings. The van der Waals surface area contributed by atoms with Crippen LogP contribution in [0, 0.1) is 12.3 Å². The summed E-state index contributed by atoms with van der Waals surface area (Å²) in [6.45, 7) is 5.36. The lowest BCUT2D eigenvalue weighted by Crippen LogP contribution is -2.49. The number of benzene rings is 2. The lowest BCUT2D eigenvalue weighted by Gasteiger charge is -2.40. The minimum absolute atomic E-state index is 0.0331. The molecule has 2 aromatic carbocycles. The number of allylic oxidation sites excluding steroid dienone is 1. The van der Waals surface area contributed by atoms with Crippen molar-refractivity contribution in [3.63, 3.8) is 0 Å². The Morgan fingerprint density at radius 2 is 2.02 bits per heavy atom. The second kappa shape index (κ2) is 11.9. The molecule has 0 aromatic heterocycles. The van der Waals surface area contributed by atoms with Crippen molar-refractivity contribution in [1.82, 2.24) is 10.2 Å². The highest BCUT2D eigenvalue weighted by molar-refractivity contribution is 7.90. The van der Waals surface area contributed by atoms with Gasteiger partial charge in [-0.1, -0.05) is 23.7 Å². The zero-order valence-corrected chi connectivity index (χ0v) is 24.9. The second-order valence-corrected chi connectivity index (χ2v) is 13.7. The molecule has 2 aromatic rings. The maximum atomic E-state index is 13.5. The largest absolute Gasteiger partial charge is 0.401 e. The predicted molar refractivity (Wildman–Crippen MR) is 157 cm³/mol. The van der Waals surface area contributed by atoms with Crippen molar-refractivity contribution < 1.29 is 27.5 Å². The SMILES string of the molecule is Cc1cc(-c2cccc(S(C)(=O)=O)c2)c(Cl)cc1C1=C(N)C2(CCCN(CC(=O)NCC3COCCO3)C2)CC1=O. The van der Waals surface area contributed by atoms with E-state index in [2.05, 4.69) is 10.2 Å². The number of nitrogens with two attached hydrogens (primary N) is 1. The van der Waals surface area contributed by atoms with Crippen LogP contribution in [0.1, 0.15) is 30.4 Å². The van der Waals surface area contributed by atoms with Gasteiger partial charge in [-0.05, 0) is 67.3 Å². The van der Waals surface area contributed by atoms with Crippen LogP contribution in [0.5, 0.6) is 0 Å². The van der Waals surface area contributed by atoms with E-state index in [1.165, 1.54) is 6.26 Å². The normalized spacial score (nSPS) is 23.8. The van der Waals surface area contributed by atoms with E-state index in [1.807, 2.05) is 13.0 Å². The molecule has 2 saturated heterocycles. The molecule has 0 bridgehead atoms. The molecule has 220 valence electrons. The molecular weight excluding hydrogens is 566 g/mol. The van der Waals surface area contributed by atoms with Crippen molar-refractivity contribution in [3.05, 3.63) is 58.2 Å². The van der Waals surface area contributed by atoms with E-state index in [9.17, 15) is 18.0 Å². The zero-order chi connectivity index (χ0) is 29.4. The van der Waals surface area contributed by atoms with E-state index < -0.39 is 15.3 Å². The third-order valence-electron chi connectivity index (χ3n) is 8.21. The van der Waals surface area contributed by atoms with Gasteiger partial charge in [0.25, 0.3) is 0 Å². The van der Waals surface area contributed by atoms with Gasteiger partial charge in [0.1, 0.15) is 0 Å². The van der Waals surface area contributed by atoms with Gasteiger partial charge < -0.3 is 20.5 Å². The number of hydrogen-bond donors (Lipinski definition) is 2. The standard InChI is InChI=1S/C30H36ClN3O6S/c1-19-11-24(20-5-3-6-22(12-20)41(2,37)38)25(31)13-23(19)28-26(35)14-30(29(28)32)7-4-8-34(18-30)16-27(36)33-15-21-17-39-9-10-40-21/h3,5-6,11-13,21H,4,7-10,14-18,32H2,1-2H3,(H,33,36). The quantitative estimate of drug-likeness (QED) is 0.496. The first-order valence-electron chi connectivity index (χ1n) is 13.8. The summed E-state index contributed by atoms with van der Waals surface area (Å²) in [4.78, 5) is 28.4. The fourth-order valence-electron chi connectivity index (χ4n) is 6.14. The molecule has 3 N–H and O–H groups in total. The number of nitrogens with zero attached hydrogens (tertiary/aromatic N) is 1. The molecule has 2 aliphatic heterocycles. The van der Waals surface area contributed by atoms with Crippen LogP contribution in [0.3, 0.4) is 0 Å². The number of amides is 1. The number of nitrogens with one attached hydrogen (secondary N) is 1. The van der Waals surface area contributed by atoms with Crippen molar-refractivity contribution in [2.75, 3.05) is 52.3 Å². The number of piperidine rings is 1.